The zero-order valence-electron chi connectivity index (χ0n) is 20.5. The van der Waals surface area contributed by atoms with Crippen LogP contribution in [0.5, 0.6) is 0 Å². The van der Waals surface area contributed by atoms with Gasteiger partial charge in [0.05, 0.1) is 5.69 Å². The molecule has 0 radical (unpaired) electrons. The van der Waals surface area contributed by atoms with Crippen LogP contribution in [0.25, 0.3) is 22.2 Å². The Morgan fingerprint density at radius 2 is 1.78 bits per heavy atom. The van der Waals surface area contributed by atoms with Gasteiger partial charge >= 0.3 is 6.18 Å². The monoisotopic (exact) mass is 499 g/mol. The van der Waals surface area contributed by atoms with Gasteiger partial charge in [0.2, 0.25) is 0 Å². The van der Waals surface area contributed by atoms with E-state index in [4.69, 9.17) is 4.74 Å². The normalized spacial score (nSPS) is 25.5. The number of rotatable bonds is 5. The van der Waals surface area contributed by atoms with E-state index in [-0.39, 0.29) is 17.6 Å². The molecule has 6 nitrogen and oxygen atoms in total. The maximum atomic E-state index is 14.1. The highest BCUT2D eigenvalue weighted by molar-refractivity contribution is 5.85. The minimum absolute atomic E-state index is 0.00815. The Bertz CT molecular complexity index is 1220. The molecule has 0 bridgehead atoms. The number of nitrogens with zero attached hydrogens (tertiary/aromatic N) is 4. The molecule has 0 amide bonds. The van der Waals surface area contributed by atoms with Crippen molar-refractivity contribution < 1.29 is 17.9 Å². The molecule has 1 N–H and O–H groups in total. The zero-order valence-corrected chi connectivity index (χ0v) is 20.5. The van der Waals surface area contributed by atoms with Gasteiger partial charge in [-0.15, -0.1) is 10.2 Å². The summed E-state index contributed by atoms with van der Waals surface area (Å²) in [6.45, 7) is 4.92. The number of halogens is 3. The van der Waals surface area contributed by atoms with Gasteiger partial charge in [-0.1, -0.05) is 12.1 Å². The van der Waals surface area contributed by atoms with Gasteiger partial charge < -0.3 is 19.5 Å². The van der Waals surface area contributed by atoms with E-state index in [1.165, 1.54) is 0 Å². The van der Waals surface area contributed by atoms with Crippen LogP contribution in [0, 0.1) is 17.8 Å². The van der Waals surface area contributed by atoms with Gasteiger partial charge in [-0.25, -0.2) is 0 Å². The topological polar surface area (TPSA) is 55.2 Å². The maximum Gasteiger partial charge on any atom is 0.420 e. The standard InChI is InChI=1S/C27H32F3N5O/c1-34-7-4-18-2-3-19(12-25(18)34)24-13-23(27(28,29)30)26(33-32-24)31-22-10-20-15-35(16-21(20)11-22)14-17-5-8-36-9-6-17/h2-4,7,12-13,17,20-22H,5-6,8-11,14-16H2,1H3,(H,31,33)/t20-,21+,22?. The molecule has 6 rings (SSSR count). The Hall–Kier alpha value is -2.65. The minimum Gasteiger partial charge on any atom is -0.381 e. The summed E-state index contributed by atoms with van der Waals surface area (Å²) >= 11 is 0. The molecule has 3 fully saturated rings. The third kappa shape index (κ3) is 4.70. The van der Waals surface area contributed by atoms with Crippen LogP contribution < -0.4 is 5.32 Å². The predicted octanol–water partition coefficient (Wildman–Crippen LogP) is 5.20. The van der Waals surface area contributed by atoms with Gasteiger partial charge in [0.1, 0.15) is 5.56 Å². The van der Waals surface area contributed by atoms with Crippen molar-refractivity contribution in [3.05, 3.63) is 42.1 Å². The first-order chi connectivity index (χ1) is 17.3. The number of alkyl halides is 3. The predicted molar refractivity (Wildman–Crippen MR) is 133 cm³/mol. The van der Waals surface area contributed by atoms with Crippen molar-refractivity contribution in [2.45, 2.75) is 37.9 Å². The van der Waals surface area contributed by atoms with Crippen LogP contribution in [-0.4, -0.2) is 58.6 Å². The first-order valence-corrected chi connectivity index (χ1v) is 12.9. The fraction of sp³-hybridized carbons (Fsp3) is 0.556. The average Bonchev–Trinajstić information content (AvgIpc) is 3.52. The number of aromatic nitrogens is 3. The smallest absolute Gasteiger partial charge is 0.381 e. The van der Waals surface area contributed by atoms with Gasteiger partial charge in [-0.05, 0) is 67.0 Å². The van der Waals surface area contributed by atoms with Crippen molar-refractivity contribution in [1.82, 2.24) is 19.7 Å². The van der Waals surface area contributed by atoms with E-state index in [2.05, 4.69) is 20.4 Å². The van der Waals surface area contributed by atoms with Crippen molar-refractivity contribution in [2.75, 3.05) is 38.2 Å². The lowest BCUT2D eigenvalue weighted by molar-refractivity contribution is -0.137. The number of benzene rings is 1. The van der Waals surface area contributed by atoms with Crippen LogP contribution in [0.3, 0.4) is 0 Å². The summed E-state index contributed by atoms with van der Waals surface area (Å²) in [6.07, 6.45) is 1.42. The van der Waals surface area contributed by atoms with E-state index >= 15 is 0 Å². The minimum atomic E-state index is -4.52. The van der Waals surface area contributed by atoms with Crippen LogP contribution in [0.15, 0.2) is 36.5 Å². The second-order valence-electron chi connectivity index (χ2n) is 10.8. The summed E-state index contributed by atoms with van der Waals surface area (Å²) in [5, 5.41) is 12.4. The number of aryl methyl sites for hydroxylation is 1. The van der Waals surface area contributed by atoms with Crippen molar-refractivity contribution in [3.63, 3.8) is 0 Å². The molecule has 1 unspecified atom stereocenters. The number of fused-ring (bicyclic) bond motifs is 2. The Morgan fingerprint density at radius 1 is 1.03 bits per heavy atom. The van der Waals surface area contributed by atoms with Gasteiger partial charge in [-0.2, -0.15) is 13.2 Å². The molecule has 1 aromatic carbocycles. The van der Waals surface area contributed by atoms with Crippen LogP contribution in [0.2, 0.25) is 0 Å². The first kappa shape index (κ1) is 23.7. The average molecular weight is 500 g/mol. The maximum absolute atomic E-state index is 14.1. The molecule has 192 valence electrons. The third-order valence-corrected chi connectivity index (χ3v) is 8.31. The molecule has 1 saturated carbocycles. The van der Waals surface area contributed by atoms with Crippen LogP contribution in [0.1, 0.15) is 31.2 Å². The second-order valence-corrected chi connectivity index (χ2v) is 10.8. The summed E-state index contributed by atoms with van der Waals surface area (Å²) in [6, 6.07) is 8.64. The van der Waals surface area contributed by atoms with Gasteiger partial charge in [0, 0.05) is 63.2 Å². The second kappa shape index (κ2) is 9.34. The highest BCUT2D eigenvalue weighted by Gasteiger charge is 2.43. The van der Waals surface area contributed by atoms with E-state index in [1.807, 2.05) is 36.0 Å². The molecule has 1 aliphatic carbocycles. The Balaban J connectivity index is 1.15. The van der Waals surface area contributed by atoms with Crippen LogP contribution in [-0.2, 0) is 18.0 Å². The van der Waals surface area contributed by atoms with E-state index in [9.17, 15) is 13.2 Å². The largest absolute Gasteiger partial charge is 0.420 e. The molecule has 0 spiro atoms. The molecule has 2 aromatic heterocycles. The fourth-order valence-corrected chi connectivity index (χ4v) is 6.43. The van der Waals surface area contributed by atoms with E-state index < -0.39 is 11.7 Å². The van der Waals surface area contributed by atoms with Crippen molar-refractivity contribution in [2.24, 2.45) is 24.8 Å². The van der Waals surface area contributed by atoms with Crippen molar-refractivity contribution in [1.29, 1.82) is 0 Å². The number of nitrogens with one attached hydrogen (secondary N) is 1. The number of anilines is 1. The lowest BCUT2D eigenvalue weighted by Crippen LogP contribution is -2.32. The molecule has 4 heterocycles. The third-order valence-electron chi connectivity index (χ3n) is 8.31. The lowest BCUT2D eigenvalue weighted by atomic mass is 10.00. The highest BCUT2D eigenvalue weighted by Crippen LogP contribution is 2.42. The molecular weight excluding hydrogens is 467 g/mol. The zero-order chi connectivity index (χ0) is 24.9. The summed E-state index contributed by atoms with van der Waals surface area (Å²) in [7, 11) is 1.91. The van der Waals surface area contributed by atoms with Crippen molar-refractivity contribution in [3.8, 4) is 11.3 Å². The number of ether oxygens (including phenoxy) is 1. The SMILES string of the molecule is Cn1ccc2ccc(-c3cc(C(F)(F)F)c(NC4C[C@@H]5CN(CC6CCOCC6)C[C@@H]5C4)nn3)cc21. The molecule has 3 aromatic rings. The Morgan fingerprint density at radius 3 is 2.50 bits per heavy atom. The summed E-state index contributed by atoms with van der Waals surface area (Å²) in [5.41, 5.74) is 1.03. The first-order valence-electron chi connectivity index (χ1n) is 12.9. The number of hydrogen-bond acceptors (Lipinski definition) is 5. The van der Waals surface area contributed by atoms with E-state index in [1.54, 1.807) is 6.07 Å². The molecule has 36 heavy (non-hydrogen) atoms. The Labute approximate surface area is 208 Å². The molecule has 2 saturated heterocycles. The molecule has 3 atom stereocenters. The number of likely N-dealkylation sites (tertiary alicyclic amines) is 1. The summed E-state index contributed by atoms with van der Waals surface area (Å²) in [4.78, 5) is 2.56. The van der Waals surface area contributed by atoms with E-state index in [0.717, 1.165) is 75.5 Å². The van der Waals surface area contributed by atoms with Crippen LogP contribution in [0.4, 0.5) is 19.0 Å². The van der Waals surface area contributed by atoms with Crippen LogP contribution >= 0.6 is 0 Å². The van der Waals surface area contributed by atoms with Gasteiger partial charge in [-0.3, -0.25) is 0 Å². The molecular formula is C27H32F3N5O. The summed E-state index contributed by atoms with van der Waals surface area (Å²) < 4.78 is 49.6. The molecule has 3 aliphatic rings. The van der Waals surface area contributed by atoms with E-state index in [0.29, 0.717) is 23.3 Å². The highest BCUT2D eigenvalue weighted by atomic mass is 19.4. The van der Waals surface area contributed by atoms with Gasteiger partial charge in [0.25, 0.3) is 0 Å². The summed E-state index contributed by atoms with van der Waals surface area (Å²) in [5.74, 6) is 1.61. The lowest BCUT2D eigenvalue weighted by Gasteiger charge is -2.28. The molecule has 9 heteroatoms. The fourth-order valence-electron chi connectivity index (χ4n) is 6.43. The Kier molecular flexibility index (Phi) is 6.16. The van der Waals surface area contributed by atoms with Gasteiger partial charge in [0.15, 0.2) is 5.82 Å². The number of hydrogen-bond donors (Lipinski definition) is 1. The quantitative estimate of drug-likeness (QED) is 0.523. The van der Waals surface area contributed by atoms with Crippen molar-refractivity contribution >= 4 is 16.7 Å². The molecule has 2 aliphatic heterocycles.